The highest BCUT2D eigenvalue weighted by atomic mass is 16.6. The topological polar surface area (TPSA) is 93.3 Å². The van der Waals surface area contributed by atoms with Crippen LogP contribution in [0.15, 0.2) is 18.2 Å². The Bertz CT molecular complexity index is 1730. The Kier molecular flexibility index (Phi) is 10.3. The fourth-order valence-electron chi connectivity index (χ4n) is 8.56. The van der Waals surface area contributed by atoms with E-state index in [9.17, 15) is 9.59 Å². The number of fused-ring (bicyclic) bond motifs is 1. The summed E-state index contributed by atoms with van der Waals surface area (Å²) in [6.45, 7) is 31.5. The van der Waals surface area contributed by atoms with E-state index in [1.807, 2.05) is 0 Å². The van der Waals surface area contributed by atoms with Crippen LogP contribution in [0.2, 0.25) is 0 Å². The molecule has 1 aliphatic carbocycles. The molecule has 49 heavy (non-hydrogen) atoms. The Morgan fingerprint density at radius 2 is 1.84 bits per heavy atom. The zero-order valence-electron chi connectivity index (χ0n) is 31.6. The molecule has 3 aromatic rings. The van der Waals surface area contributed by atoms with Gasteiger partial charge in [-0.3, -0.25) is 10.00 Å². The molecule has 2 aliphatic rings. The molecule has 9 heteroatoms. The number of hydrogen-bond donors (Lipinski definition) is 1. The zero-order chi connectivity index (χ0) is 36.0. The number of amides is 1. The Balaban J connectivity index is 1.67. The van der Waals surface area contributed by atoms with Crippen LogP contribution < -0.4 is 4.74 Å². The number of nitrogens with one attached hydrogen (secondary N) is 1. The summed E-state index contributed by atoms with van der Waals surface area (Å²) in [4.78, 5) is 36.9. The maximum Gasteiger partial charge on any atom is 0.416 e. The molecule has 1 saturated carbocycles. The summed E-state index contributed by atoms with van der Waals surface area (Å²) < 4.78 is 12.8. The maximum atomic E-state index is 13.8. The number of aryl methyl sites for hydroxylation is 1. The van der Waals surface area contributed by atoms with Crippen molar-refractivity contribution in [3.05, 3.63) is 46.3 Å². The van der Waals surface area contributed by atoms with Crippen LogP contribution in [0, 0.1) is 48.5 Å². The second-order valence-corrected chi connectivity index (χ2v) is 17.4. The highest BCUT2D eigenvalue weighted by Gasteiger charge is 2.43. The number of H-pyrrole nitrogens is 1. The number of nitrogens with zero attached hydrogens (tertiary/aromatic N) is 4. The quantitative estimate of drug-likeness (QED) is 0.200. The first-order valence-electron chi connectivity index (χ1n) is 18.1. The number of carbonyl (C=O) groups is 2. The molecule has 1 aliphatic heterocycles. The van der Waals surface area contributed by atoms with Crippen molar-refractivity contribution in [1.29, 1.82) is 0 Å². The third kappa shape index (κ3) is 7.54. The predicted molar refractivity (Wildman–Crippen MR) is 194 cm³/mol. The van der Waals surface area contributed by atoms with Crippen molar-refractivity contribution in [3.8, 4) is 17.3 Å². The molecule has 2 aromatic heterocycles. The minimum Gasteiger partial charge on any atom is -0.467 e. The minimum absolute atomic E-state index is 0.0597. The van der Waals surface area contributed by atoms with Gasteiger partial charge in [-0.25, -0.2) is 23.9 Å². The van der Waals surface area contributed by atoms with Crippen molar-refractivity contribution < 1.29 is 19.1 Å². The molecule has 5 rings (SSSR count). The zero-order valence-corrected chi connectivity index (χ0v) is 31.6. The number of methoxy groups -OCH3 is 1. The number of rotatable bonds is 7. The highest BCUT2D eigenvalue weighted by Crippen LogP contribution is 2.51. The summed E-state index contributed by atoms with van der Waals surface area (Å²) in [6, 6.07) is 5.76. The molecule has 1 aromatic carbocycles. The van der Waals surface area contributed by atoms with Gasteiger partial charge in [-0.15, -0.1) is 0 Å². The average molecular weight is 672 g/mol. The molecule has 3 heterocycles. The van der Waals surface area contributed by atoms with E-state index in [0.29, 0.717) is 72.6 Å². The van der Waals surface area contributed by atoms with Crippen LogP contribution in [-0.4, -0.2) is 51.3 Å². The van der Waals surface area contributed by atoms with Gasteiger partial charge in [-0.2, -0.15) is 0 Å². The SMILES string of the molecule is [C-]#[N+]c1c(CC2C(CC(C)C)CC(C)CC2C(C)(C)C)c2nc(-c3cc(C)cc(C(C)(C)C)c3)[nH]n2c1OC(=O)N1CCCC1C(=O)OC. The van der Waals surface area contributed by atoms with Gasteiger partial charge in [0.2, 0.25) is 5.88 Å². The number of aromatic nitrogens is 3. The summed E-state index contributed by atoms with van der Waals surface area (Å²) in [7, 11) is 1.33. The van der Waals surface area contributed by atoms with Crippen molar-refractivity contribution >= 4 is 23.4 Å². The molecule has 2 fully saturated rings. The molecule has 0 spiro atoms. The summed E-state index contributed by atoms with van der Waals surface area (Å²) in [5.41, 5.74) is 5.02. The first-order chi connectivity index (χ1) is 22.9. The first-order valence-corrected chi connectivity index (χ1v) is 18.1. The van der Waals surface area contributed by atoms with Crippen LogP contribution >= 0.6 is 0 Å². The van der Waals surface area contributed by atoms with E-state index in [4.69, 9.17) is 21.0 Å². The van der Waals surface area contributed by atoms with Crippen molar-refractivity contribution in [2.24, 2.45) is 35.0 Å². The number of carbonyl (C=O) groups excluding carboxylic acids is 2. The number of hydrogen-bond acceptors (Lipinski definition) is 5. The fourth-order valence-corrected chi connectivity index (χ4v) is 8.56. The molecule has 0 bridgehead atoms. The fraction of sp³-hybridized carbons (Fsp3) is 0.650. The molecule has 0 radical (unpaired) electrons. The van der Waals surface area contributed by atoms with Crippen LogP contribution in [0.3, 0.4) is 0 Å². The lowest BCUT2D eigenvalue weighted by Crippen LogP contribution is -2.42. The van der Waals surface area contributed by atoms with E-state index >= 15 is 0 Å². The van der Waals surface area contributed by atoms with Crippen LogP contribution in [0.4, 0.5) is 10.5 Å². The lowest BCUT2D eigenvalue weighted by atomic mass is 9.57. The second-order valence-electron chi connectivity index (χ2n) is 17.4. The van der Waals surface area contributed by atoms with Gasteiger partial charge >= 0.3 is 12.1 Å². The number of benzene rings is 1. The van der Waals surface area contributed by atoms with Crippen molar-refractivity contribution in [1.82, 2.24) is 19.5 Å². The predicted octanol–water partition coefficient (Wildman–Crippen LogP) is 9.54. The molecular weight excluding hydrogens is 614 g/mol. The first kappa shape index (κ1) is 36.5. The van der Waals surface area contributed by atoms with Crippen molar-refractivity contribution in [2.75, 3.05) is 13.7 Å². The van der Waals surface area contributed by atoms with E-state index in [-0.39, 0.29) is 16.7 Å². The Morgan fingerprint density at radius 3 is 2.45 bits per heavy atom. The monoisotopic (exact) mass is 671 g/mol. The molecule has 1 N–H and O–H groups in total. The van der Waals surface area contributed by atoms with Gasteiger partial charge in [0.15, 0.2) is 5.82 Å². The summed E-state index contributed by atoms with van der Waals surface area (Å²) >= 11 is 0. The molecule has 5 atom stereocenters. The van der Waals surface area contributed by atoms with Gasteiger partial charge in [0, 0.05) is 17.7 Å². The van der Waals surface area contributed by atoms with Crippen LogP contribution in [-0.2, 0) is 21.4 Å². The van der Waals surface area contributed by atoms with E-state index in [2.05, 4.69) is 97.4 Å². The van der Waals surface area contributed by atoms with E-state index < -0.39 is 18.1 Å². The molecule has 5 unspecified atom stereocenters. The third-order valence-corrected chi connectivity index (χ3v) is 10.9. The van der Waals surface area contributed by atoms with E-state index in [1.165, 1.54) is 17.6 Å². The maximum absolute atomic E-state index is 13.8. The number of esters is 1. The Labute approximate surface area is 292 Å². The van der Waals surface area contributed by atoms with Crippen molar-refractivity contribution in [3.63, 3.8) is 0 Å². The molecule has 1 saturated heterocycles. The lowest BCUT2D eigenvalue weighted by Gasteiger charge is -2.48. The largest absolute Gasteiger partial charge is 0.467 e. The molecule has 9 nitrogen and oxygen atoms in total. The number of likely N-dealkylation sites (tertiary alicyclic amines) is 1. The smallest absolute Gasteiger partial charge is 0.416 e. The Hall–Kier alpha value is -3.80. The van der Waals surface area contributed by atoms with Crippen LogP contribution in [0.25, 0.3) is 21.9 Å². The number of ether oxygens (including phenoxy) is 2. The summed E-state index contributed by atoms with van der Waals surface area (Å²) in [5, 5.41) is 3.43. The molecular formula is C40H57N5O4. The molecule has 1 amide bonds. The van der Waals surface area contributed by atoms with E-state index in [0.717, 1.165) is 36.0 Å². The average Bonchev–Trinajstić information content (AvgIpc) is 3.72. The molecule has 266 valence electrons. The Morgan fingerprint density at radius 1 is 1.12 bits per heavy atom. The van der Waals surface area contributed by atoms with Gasteiger partial charge < -0.3 is 9.47 Å². The highest BCUT2D eigenvalue weighted by molar-refractivity contribution is 5.85. The van der Waals surface area contributed by atoms with Gasteiger partial charge in [-0.05, 0) is 104 Å². The van der Waals surface area contributed by atoms with Gasteiger partial charge in [-0.1, -0.05) is 73.9 Å². The van der Waals surface area contributed by atoms with Gasteiger partial charge in [0.05, 0.1) is 13.7 Å². The summed E-state index contributed by atoms with van der Waals surface area (Å²) in [6.07, 6.45) is 4.62. The normalized spacial score (nSPS) is 23.2. The van der Waals surface area contributed by atoms with Crippen LogP contribution in [0.1, 0.15) is 111 Å². The minimum atomic E-state index is -0.710. The van der Waals surface area contributed by atoms with Gasteiger partial charge in [0.25, 0.3) is 5.69 Å². The second kappa shape index (κ2) is 13.8. The van der Waals surface area contributed by atoms with Crippen molar-refractivity contribution in [2.45, 2.75) is 119 Å². The standard InChI is InChI=1S/C40H57N5O4/c1-23(2)16-26-17-25(4)20-31(40(8,9)10)29(26)22-30-33(41-11)36(49-38(47)44-15-13-14-32(44)37(46)48-12)45-35(30)42-34(43-45)27-18-24(3)19-28(21-27)39(5,6)7/h18-19,21,23,25-26,29,31-32H,13-17,20,22H2,1-10,12H3,(H,42,43). The van der Waals surface area contributed by atoms with Crippen LogP contribution in [0.5, 0.6) is 5.88 Å². The lowest BCUT2D eigenvalue weighted by molar-refractivity contribution is -0.145. The number of aromatic amines is 1. The van der Waals surface area contributed by atoms with Gasteiger partial charge in [0.1, 0.15) is 11.7 Å². The van der Waals surface area contributed by atoms with E-state index in [1.54, 1.807) is 4.52 Å². The third-order valence-electron chi connectivity index (χ3n) is 10.9. The summed E-state index contributed by atoms with van der Waals surface area (Å²) in [5.74, 6) is 2.79.